The summed E-state index contributed by atoms with van der Waals surface area (Å²) in [6.45, 7) is 0.0474. The molecule has 16 heavy (non-hydrogen) atoms. The number of nitrogens with one attached hydrogen (secondary N) is 3. The lowest BCUT2D eigenvalue weighted by Crippen LogP contribution is -2.42. The molecule has 0 aliphatic rings. The third kappa shape index (κ3) is 4.61. The molecule has 0 unspecified atom stereocenters. The molecule has 0 saturated carbocycles. The van der Waals surface area contributed by atoms with E-state index in [1.165, 1.54) is 6.07 Å². The highest BCUT2D eigenvalue weighted by Gasteiger charge is 2.03. The molecule has 1 rings (SSSR count). The van der Waals surface area contributed by atoms with Gasteiger partial charge in [-0.25, -0.2) is 9.18 Å². The summed E-state index contributed by atoms with van der Waals surface area (Å²) in [5.74, 6) is -0.846. The molecule has 0 radical (unpaired) electrons. The molecule has 88 valence electrons. The van der Waals surface area contributed by atoms with Gasteiger partial charge in [0.15, 0.2) is 5.96 Å². The molecule has 0 saturated heterocycles. The third-order valence-electron chi connectivity index (χ3n) is 1.65. The predicted octanol–water partition coefficient (Wildman–Crippen LogP) is 0.940. The van der Waals surface area contributed by atoms with Crippen LogP contribution < -0.4 is 16.4 Å². The van der Waals surface area contributed by atoms with Crippen molar-refractivity contribution >= 4 is 24.4 Å². The van der Waals surface area contributed by atoms with Crippen LogP contribution in [0.3, 0.4) is 0 Å². The van der Waals surface area contributed by atoms with Crippen molar-refractivity contribution < 1.29 is 9.18 Å². The molecule has 0 atom stereocenters. The van der Waals surface area contributed by atoms with Gasteiger partial charge in [-0.15, -0.1) is 12.4 Å². The van der Waals surface area contributed by atoms with Gasteiger partial charge in [0.1, 0.15) is 5.82 Å². The molecule has 0 heterocycles. The summed E-state index contributed by atoms with van der Waals surface area (Å²) in [4.78, 5) is 11.0. The average molecular weight is 247 g/mol. The van der Waals surface area contributed by atoms with Crippen molar-refractivity contribution in [3.63, 3.8) is 0 Å². The lowest BCUT2D eigenvalue weighted by molar-refractivity contribution is 0.244. The number of amides is 2. The van der Waals surface area contributed by atoms with Crippen molar-refractivity contribution in [1.29, 1.82) is 5.41 Å². The zero-order chi connectivity index (χ0) is 11.3. The topological polar surface area (TPSA) is 91.0 Å². The highest BCUT2D eigenvalue weighted by atomic mass is 35.5. The molecule has 0 aliphatic carbocycles. The Morgan fingerprint density at radius 1 is 1.44 bits per heavy atom. The van der Waals surface area contributed by atoms with Crippen LogP contribution >= 0.6 is 12.4 Å². The summed E-state index contributed by atoms with van der Waals surface area (Å²) in [7, 11) is 0. The molecule has 1 aromatic carbocycles. The van der Waals surface area contributed by atoms with Crippen LogP contribution in [0.5, 0.6) is 0 Å². The van der Waals surface area contributed by atoms with E-state index in [0.29, 0.717) is 5.56 Å². The average Bonchev–Trinajstić information content (AvgIpc) is 2.15. The van der Waals surface area contributed by atoms with Crippen molar-refractivity contribution in [3.8, 4) is 0 Å². The van der Waals surface area contributed by atoms with Gasteiger partial charge in [-0.05, 0) is 6.07 Å². The Bertz CT molecular complexity index is 386. The Balaban J connectivity index is 0.00000225. The van der Waals surface area contributed by atoms with E-state index in [-0.39, 0.29) is 24.8 Å². The second-order valence-electron chi connectivity index (χ2n) is 2.81. The van der Waals surface area contributed by atoms with E-state index in [9.17, 15) is 9.18 Å². The summed E-state index contributed by atoms with van der Waals surface area (Å²) in [5, 5.41) is 11.2. The minimum atomic E-state index is -0.634. The lowest BCUT2D eigenvalue weighted by Gasteiger charge is -2.06. The molecule has 2 amide bonds. The minimum absolute atomic E-state index is 0. The molecule has 5 N–H and O–H groups in total. The zero-order valence-corrected chi connectivity index (χ0v) is 9.10. The van der Waals surface area contributed by atoms with Crippen molar-refractivity contribution in [2.45, 2.75) is 6.54 Å². The first-order chi connectivity index (χ1) is 7.09. The van der Waals surface area contributed by atoms with Crippen molar-refractivity contribution in [2.24, 2.45) is 5.73 Å². The van der Waals surface area contributed by atoms with E-state index in [4.69, 9.17) is 11.1 Å². The Labute approximate surface area is 98.1 Å². The van der Waals surface area contributed by atoms with Gasteiger partial charge in [0.05, 0.1) is 0 Å². The number of benzene rings is 1. The number of rotatable bonds is 2. The van der Waals surface area contributed by atoms with Crippen molar-refractivity contribution in [2.75, 3.05) is 0 Å². The van der Waals surface area contributed by atoms with Gasteiger partial charge in [0.2, 0.25) is 0 Å². The number of guanidine groups is 1. The van der Waals surface area contributed by atoms with E-state index in [1.807, 2.05) is 5.32 Å². The Kier molecular flexibility index (Phi) is 5.87. The van der Waals surface area contributed by atoms with Crippen LogP contribution in [0, 0.1) is 11.2 Å². The van der Waals surface area contributed by atoms with Crippen LogP contribution in [0.25, 0.3) is 0 Å². The van der Waals surface area contributed by atoms with E-state index in [1.54, 1.807) is 18.2 Å². The molecule has 1 aromatic rings. The number of urea groups is 1. The summed E-state index contributed by atoms with van der Waals surface area (Å²) in [6.07, 6.45) is 0. The SMILES string of the molecule is Cl.N=C(N)NC(=O)NCc1ccccc1F. The fourth-order valence-electron chi connectivity index (χ4n) is 0.984. The van der Waals surface area contributed by atoms with Crippen molar-refractivity contribution in [1.82, 2.24) is 10.6 Å². The molecule has 0 spiro atoms. The highest BCUT2D eigenvalue weighted by Crippen LogP contribution is 2.04. The van der Waals surface area contributed by atoms with E-state index in [2.05, 4.69) is 5.32 Å². The molecule has 5 nitrogen and oxygen atoms in total. The van der Waals surface area contributed by atoms with E-state index in [0.717, 1.165) is 0 Å². The van der Waals surface area contributed by atoms with E-state index >= 15 is 0 Å². The summed E-state index contributed by atoms with van der Waals surface area (Å²) in [6, 6.07) is 5.46. The molecule has 0 aliphatic heterocycles. The van der Waals surface area contributed by atoms with Gasteiger partial charge in [-0.2, -0.15) is 0 Å². The largest absolute Gasteiger partial charge is 0.370 e. The van der Waals surface area contributed by atoms with Crippen LogP contribution in [0.4, 0.5) is 9.18 Å². The summed E-state index contributed by atoms with van der Waals surface area (Å²) >= 11 is 0. The second kappa shape index (κ2) is 6.62. The predicted molar refractivity (Wildman–Crippen MR) is 60.9 cm³/mol. The van der Waals surface area contributed by atoms with Crippen LogP contribution in [0.2, 0.25) is 0 Å². The Morgan fingerprint density at radius 2 is 2.06 bits per heavy atom. The van der Waals surface area contributed by atoms with Gasteiger partial charge in [-0.1, -0.05) is 18.2 Å². The highest BCUT2D eigenvalue weighted by molar-refractivity contribution is 5.93. The van der Waals surface area contributed by atoms with Crippen LogP contribution in [-0.4, -0.2) is 12.0 Å². The Hall–Kier alpha value is -1.82. The van der Waals surface area contributed by atoms with Crippen molar-refractivity contribution in [3.05, 3.63) is 35.6 Å². The van der Waals surface area contributed by atoms with E-state index < -0.39 is 12.0 Å². The summed E-state index contributed by atoms with van der Waals surface area (Å²) < 4.78 is 13.1. The number of carbonyl (C=O) groups is 1. The molecular weight excluding hydrogens is 235 g/mol. The van der Waals surface area contributed by atoms with Gasteiger partial charge in [0.25, 0.3) is 0 Å². The smallest absolute Gasteiger partial charge is 0.321 e. The molecule has 7 heteroatoms. The molecule has 0 bridgehead atoms. The lowest BCUT2D eigenvalue weighted by atomic mass is 10.2. The fraction of sp³-hybridized carbons (Fsp3) is 0.111. The molecule has 0 aromatic heterocycles. The maximum Gasteiger partial charge on any atom is 0.321 e. The number of nitrogens with two attached hydrogens (primary N) is 1. The number of hydrogen-bond acceptors (Lipinski definition) is 2. The molecule has 0 fully saturated rings. The number of halogens is 2. The quantitative estimate of drug-likeness (QED) is 0.462. The maximum atomic E-state index is 13.1. The number of hydrogen-bond donors (Lipinski definition) is 4. The minimum Gasteiger partial charge on any atom is -0.370 e. The van der Waals surface area contributed by atoms with Gasteiger partial charge in [0, 0.05) is 12.1 Å². The first-order valence-electron chi connectivity index (χ1n) is 4.22. The van der Waals surface area contributed by atoms with Crippen LogP contribution in [0.1, 0.15) is 5.56 Å². The number of carbonyl (C=O) groups excluding carboxylic acids is 1. The summed E-state index contributed by atoms with van der Waals surface area (Å²) in [5.41, 5.74) is 5.30. The van der Waals surface area contributed by atoms with Crippen LogP contribution in [-0.2, 0) is 6.54 Å². The Morgan fingerprint density at radius 3 is 2.62 bits per heavy atom. The molecular formula is C9H12ClFN4O. The maximum absolute atomic E-state index is 13.1. The third-order valence-corrected chi connectivity index (χ3v) is 1.65. The van der Waals surface area contributed by atoms with Gasteiger partial charge in [-0.3, -0.25) is 10.7 Å². The van der Waals surface area contributed by atoms with Gasteiger partial charge < -0.3 is 11.1 Å². The fourth-order valence-corrected chi connectivity index (χ4v) is 0.984. The second-order valence-corrected chi connectivity index (χ2v) is 2.81. The monoisotopic (exact) mass is 246 g/mol. The first-order valence-corrected chi connectivity index (χ1v) is 4.22. The normalized spacial score (nSPS) is 8.81. The zero-order valence-electron chi connectivity index (χ0n) is 8.29. The van der Waals surface area contributed by atoms with Crippen LogP contribution in [0.15, 0.2) is 24.3 Å². The first kappa shape index (κ1) is 14.2. The van der Waals surface area contributed by atoms with Gasteiger partial charge >= 0.3 is 6.03 Å². The standard InChI is InChI=1S/C9H11FN4O.ClH/c10-7-4-2-1-3-6(7)5-13-9(15)14-8(11)12;/h1-4H,5H2,(H5,11,12,13,14,15);1H.